The van der Waals surface area contributed by atoms with Crippen molar-refractivity contribution in [1.82, 2.24) is 5.32 Å². The van der Waals surface area contributed by atoms with E-state index in [-0.39, 0.29) is 6.04 Å². The summed E-state index contributed by atoms with van der Waals surface area (Å²) in [6.07, 6.45) is 1.53. The van der Waals surface area contributed by atoms with E-state index in [4.69, 9.17) is 10.5 Å². The number of nitrogens with zero attached hydrogens (tertiary/aromatic N) is 3. The second kappa shape index (κ2) is 6.22. The monoisotopic (exact) mass is 254 g/mol. The molecule has 0 aromatic heterocycles. The Balaban J connectivity index is 2.35. The van der Waals surface area contributed by atoms with Gasteiger partial charge in [-0.05, 0) is 38.1 Å². The first-order valence-electron chi connectivity index (χ1n) is 6.62. The van der Waals surface area contributed by atoms with Crippen molar-refractivity contribution in [2.75, 3.05) is 18.0 Å². The molecule has 1 aromatic carbocycles. The molecular formula is C15H18N4. The highest BCUT2D eigenvalue weighted by Gasteiger charge is 2.26. The van der Waals surface area contributed by atoms with Crippen LogP contribution in [-0.2, 0) is 0 Å². The summed E-state index contributed by atoms with van der Waals surface area (Å²) in [4.78, 5) is 2.28. The van der Waals surface area contributed by atoms with Gasteiger partial charge in [-0.2, -0.15) is 10.5 Å². The maximum Gasteiger partial charge on any atom is 0.0992 e. The van der Waals surface area contributed by atoms with Crippen LogP contribution in [0, 0.1) is 22.7 Å². The molecule has 0 aliphatic carbocycles. The minimum atomic E-state index is 0.163. The molecular weight excluding hydrogens is 236 g/mol. The van der Waals surface area contributed by atoms with E-state index in [1.165, 1.54) is 0 Å². The van der Waals surface area contributed by atoms with Gasteiger partial charge in [0.2, 0.25) is 0 Å². The number of nitrogens with one attached hydrogen (secondary N) is 1. The zero-order chi connectivity index (χ0) is 13.7. The van der Waals surface area contributed by atoms with Crippen molar-refractivity contribution in [2.45, 2.75) is 31.8 Å². The molecule has 1 saturated heterocycles. The third-order valence-corrected chi connectivity index (χ3v) is 3.59. The maximum atomic E-state index is 9.02. The van der Waals surface area contributed by atoms with Crippen molar-refractivity contribution in [3.63, 3.8) is 0 Å². The van der Waals surface area contributed by atoms with Crippen LogP contribution in [0.15, 0.2) is 24.3 Å². The highest BCUT2D eigenvalue weighted by molar-refractivity contribution is 5.53. The van der Waals surface area contributed by atoms with Crippen LogP contribution in [0.25, 0.3) is 0 Å². The lowest BCUT2D eigenvalue weighted by Gasteiger charge is -2.35. The Kier molecular flexibility index (Phi) is 4.39. The molecule has 0 amide bonds. The predicted molar refractivity (Wildman–Crippen MR) is 74.6 cm³/mol. The Morgan fingerprint density at radius 3 is 3.00 bits per heavy atom. The third kappa shape index (κ3) is 3.05. The molecule has 0 radical (unpaired) electrons. The SMILES string of the molecule is CC1CCNCC(CC#N)N1c1cccc(C#N)c1. The summed E-state index contributed by atoms with van der Waals surface area (Å²) in [5.41, 5.74) is 1.70. The molecule has 1 heterocycles. The molecule has 1 aromatic rings. The lowest BCUT2D eigenvalue weighted by Crippen LogP contribution is -2.43. The number of hydrogen-bond donors (Lipinski definition) is 1. The summed E-state index contributed by atoms with van der Waals surface area (Å²) >= 11 is 0. The van der Waals surface area contributed by atoms with Crippen molar-refractivity contribution >= 4 is 5.69 Å². The Morgan fingerprint density at radius 2 is 2.26 bits per heavy atom. The van der Waals surface area contributed by atoms with Crippen LogP contribution in [0.4, 0.5) is 5.69 Å². The number of rotatable bonds is 2. The second-order valence-corrected chi connectivity index (χ2v) is 4.93. The Hall–Kier alpha value is -2.04. The van der Waals surface area contributed by atoms with Crippen LogP contribution in [0.3, 0.4) is 0 Å². The van der Waals surface area contributed by atoms with E-state index in [1.807, 2.05) is 24.3 Å². The molecule has 1 aliphatic rings. The molecule has 0 saturated carbocycles. The van der Waals surface area contributed by atoms with Crippen LogP contribution >= 0.6 is 0 Å². The van der Waals surface area contributed by atoms with E-state index in [0.717, 1.165) is 25.2 Å². The van der Waals surface area contributed by atoms with Crippen molar-refractivity contribution in [1.29, 1.82) is 10.5 Å². The molecule has 1 aliphatic heterocycles. The van der Waals surface area contributed by atoms with E-state index in [2.05, 4.69) is 29.3 Å². The zero-order valence-electron chi connectivity index (χ0n) is 11.1. The Morgan fingerprint density at radius 1 is 1.42 bits per heavy atom. The van der Waals surface area contributed by atoms with Gasteiger partial charge >= 0.3 is 0 Å². The van der Waals surface area contributed by atoms with Gasteiger partial charge in [-0.15, -0.1) is 0 Å². The number of nitriles is 2. The van der Waals surface area contributed by atoms with Crippen molar-refractivity contribution in [2.24, 2.45) is 0 Å². The fourth-order valence-electron chi connectivity index (χ4n) is 2.65. The number of benzene rings is 1. The topological polar surface area (TPSA) is 62.9 Å². The normalized spacial score (nSPS) is 23.2. The molecule has 98 valence electrons. The zero-order valence-corrected chi connectivity index (χ0v) is 11.1. The first-order chi connectivity index (χ1) is 9.26. The smallest absolute Gasteiger partial charge is 0.0992 e. The number of hydrogen-bond acceptors (Lipinski definition) is 4. The Labute approximate surface area is 114 Å². The van der Waals surface area contributed by atoms with Gasteiger partial charge in [0, 0.05) is 18.3 Å². The molecule has 0 bridgehead atoms. The summed E-state index contributed by atoms with van der Waals surface area (Å²) in [7, 11) is 0. The van der Waals surface area contributed by atoms with Gasteiger partial charge in [-0.3, -0.25) is 0 Å². The molecule has 1 fully saturated rings. The summed E-state index contributed by atoms with van der Waals surface area (Å²) in [5.74, 6) is 0. The standard InChI is InChI=1S/C15H18N4/c1-12-6-8-18-11-15(5-7-16)19(12)14-4-2-3-13(9-14)10-17/h2-4,9,12,15,18H,5-6,8,11H2,1H3. The number of anilines is 1. The largest absolute Gasteiger partial charge is 0.363 e. The van der Waals surface area contributed by atoms with Crippen LogP contribution < -0.4 is 10.2 Å². The van der Waals surface area contributed by atoms with Gasteiger partial charge in [0.05, 0.1) is 30.2 Å². The summed E-state index contributed by atoms with van der Waals surface area (Å²) < 4.78 is 0. The average Bonchev–Trinajstić information content (AvgIpc) is 2.61. The second-order valence-electron chi connectivity index (χ2n) is 4.93. The lowest BCUT2D eigenvalue weighted by molar-refractivity contribution is 0.551. The van der Waals surface area contributed by atoms with Crippen LogP contribution in [0.2, 0.25) is 0 Å². The van der Waals surface area contributed by atoms with Gasteiger partial charge in [-0.1, -0.05) is 6.07 Å². The van der Waals surface area contributed by atoms with E-state index in [9.17, 15) is 0 Å². The molecule has 19 heavy (non-hydrogen) atoms. The van der Waals surface area contributed by atoms with Gasteiger partial charge in [0.25, 0.3) is 0 Å². The average molecular weight is 254 g/mol. The summed E-state index contributed by atoms with van der Waals surface area (Å²) in [6.45, 7) is 3.96. The minimum absolute atomic E-state index is 0.163. The van der Waals surface area contributed by atoms with E-state index >= 15 is 0 Å². The molecule has 2 atom stereocenters. The van der Waals surface area contributed by atoms with Gasteiger partial charge in [-0.25, -0.2) is 0 Å². The first-order valence-corrected chi connectivity index (χ1v) is 6.62. The molecule has 2 rings (SSSR count). The fraction of sp³-hybridized carbons (Fsp3) is 0.467. The van der Waals surface area contributed by atoms with Gasteiger partial charge in [0.1, 0.15) is 0 Å². The van der Waals surface area contributed by atoms with Gasteiger partial charge in [0.15, 0.2) is 0 Å². The van der Waals surface area contributed by atoms with E-state index in [0.29, 0.717) is 18.0 Å². The third-order valence-electron chi connectivity index (χ3n) is 3.59. The van der Waals surface area contributed by atoms with Crippen LogP contribution in [0.1, 0.15) is 25.3 Å². The first kappa shape index (κ1) is 13.4. The molecule has 4 heteroatoms. The van der Waals surface area contributed by atoms with Crippen molar-refractivity contribution in [3.05, 3.63) is 29.8 Å². The molecule has 4 nitrogen and oxygen atoms in total. The minimum Gasteiger partial charge on any atom is -0.363 e. The molecule has 0 spiro atoms. The Bertz CT molecular complexity index is 512. The lowest BCUT2D eigenvalue weighted by atomic mass is 10.1. The maximum absolute atomic E-state index is 9.02. The van der Waals surface area contributed by atoms with Crippen LogP contribution in [0.5, 0.6) is 0 Å². The van der Waals surface area contributed by atoms with Crippen molar-refractivity contribution in [3.8, 4) is 12.1 Å². The fourth-order valence-corrected chi connectivity index (χ4v) is 2.65. The molecule has 1 N–H and O–H groups in total. The van der Waals surface area contributed by atoms with Gasteiger partial charge < -0.3 is 10.2 Å². The van der Waals surface area contributed by atoms with Crippen molar-refractivity contribution < 1.29 is 0 Å². The highest BCUT2D eigenvalue weighted by Crippen LogP contribution is 2.25. The predicted octanol–water partition coefficient (Wildman–Crippen LogP) is 2.03. The van der Waals surface area contributed by atoms with Crippen LogP contribution in [-0.4, -0.2) is 25.2 Å². The van der Waals surface area contributed by atoms with E-state index in [1.54, 1.807) is 0 Å². The quantitative estimate of drug-likeness (QED) is 0.877. The summed E-state index contributed by atoms with van der Waals surface area (Å²) in [6, 6.07) is 12.6. The molecule has 2 unspecified atom stereocenters. The van der Waals surface area contributed by atoms with E-state index < -0.39 is 0 Å². The highest BCUT2D eigenvalue weighted by atomic mass is 15.2. The summed E-state index contributed by atoms with van der Waals surface area (Å²) in [5, 5.41) is 21.4.